The quantitative estimate of drug-likeness (QED) is 0.858. The van der Waals surface area contributed by atoms with E-state index in [0.29, 0.717) is 11.4 Å². The molecule has 0 radical (unpaired) electrons. The average Bonchev–Trinajstić information content (AvgIpc) is 2.46. The Kier molecular flexibility index (Phi) is 4.10. The Morgan fingerprint density at radius 2 is 1.50 bits per heavy atom. The molecular formula is C15H16N2O2S. The van der Waals surface area contributed by atoms with Crippen molar-refractivity contribution in [2.45, 2.75) is 6.92 Å². The first-order chi connectivity index (χ1) is 9.51. The second kappa shape index (κ2) is 5.79. The van der Waals surface area contributed by atoms with Crippen LogP contribution >= 0.6 is 0 Å². The molecule has 0 heterocycles. The van der Waals surface area contributed by atoms with Gasteiger partial charge in [0.05, 0.1) is 16.3 Å². The number of hydrazine groups is 1. The molecule has 2 aromatic rings. The van der Waals surface area contributed by atoms with Crippen LogP contribution in [0.25, 0.3) is 0 Å². The largest absolute Gasteiger partial charge is 0.284 e. The van der Waals surface area contributed by atoms with E-state index in [0.717, 1.165) is 4.41 Å². The topological polar surface area (TPSA) is 49.4 Å². The number of benzene rings is 2. The molecule has 0 aromatic heterocycles. The summed E-state index contributed by atoms with van der Waals surface area (Å²) in [7, 11) is -3.66. The monoisotopic (exact) mass is 288 g/mol. The zero-order chi connectivity index (χ0) is 14.6. The molecule has 0 aliphatic carbocycles. The Bertz CT molecular complexity index is 682. The fraction of sp³-hybridized carbons (Fsp3) is 0.0667. The number of nitrogens with zero attached hydrogens (tertiary/aromatic N) is 1. The van der Waals surface area contributed by atoms with Crippen LogP contribution in [0.5, 0.6) is 0 Å². The van der Waals surface area contributed by atoms with Gasteiger partial charge in [0.1, 0.15) is 0 Å². The highest BCUT2D eigenvalue weighted by atomic mass is 32.2. The van der Waals surface area contributed by atoms with Gasteiger partial charge in [-0.2, -0.15) is 12.8 Å². The number of para-hydroxylation sites is 2. The Morgan fingerprint density at radius 1 is 1.00 bits per heavy atom. The fourth-order valence-electron chi connectivity index (χ4n) is 1.61. The Balaban J connectivity index is 2.43. The van der Waals surface area contributed by atoms with Crippen molar-refractivity contribution < 1.29 is 8.42 Å². The van der Waals surface area contributed by atoms with Crippen molar-refractivity contribution >= 4 is 21.4 Å². The van der Waals surface area contributed by atoms with Crippen LogP contribution in [0.4, 0.5) is 11.4 Å². The van der Waals surface area contributed by atoms with Crippen molar-refractivity contribution in [1.29, 1.82) is 0 Å². The first kappa shape index (κ1) is 14.1. The number of hydrogen-bond acceptors (Lipinski definition) is 3. The van der Waals surface area contributed by atoms with E-state index < -0.39 is 10.0 Å². The molecule has 1 N–H and O–H groups in total. The minimum Gasteiger partial charge on any atom is -0.284 e. The minimum atomic E-state index is -3.66. The maximum Gasteiger partial charge on any atom is 0.277 e. The second-order valence-corrected chi connectivity index (χ2v) is 6.30. The number of rotatable bonds is 5. The van der Waals surface area contributed by atoms with Gasteiger partial charge >= 0.3 is 0 Å². The van der Waals surface area contributed by atoms with Gasteiger partial charge in [0.15, 0.2) is 0 Å². The molecule has 0 saturated heterocycles. The van der Waals surface area contributed by atoms with E-state index in [-0.39, 0.29) is 4.91 Å². The smallest absolute Gasteiger partial charge is 0.277 e. The number of nitrogens with one attached hydrogen (secondary N) is 1. The third-order valence-electron chi connectivity index (χ3n) is 2.68. The summed E-state index contributed by atoms with van der Waals surface area (Å²) in [5.41, 5.74) is 4.11. The van der Waals surface area contributed by atoms with Gasteiger partial charge < -0.3 is 0 Å². The Hall–Kier alpha value is -2.27. The van der Waals surface area contributed by atoms with Crippen LogP contribution < -0.4 is 9.84 Å². The lowest BCUT2D eigenvalue weighted by molar-refractivity contribution is 0.600. The zero-order valence-corrected chi connectivity index (χ0v) is 12.0. The maximum atomic E-state index is 12.4. The predicted octanol–water partition coefficient (Wildman–Crippen LogP) is 3.38. The lowest BCUT2D eigenvalue weighted by atomic mass is 10.3. The number of anilines is 2. The highest BCUT2D eigenvalue weighted by Gasteiger charge is 2.23. The first-order valence-electron chi connectivity index (χ1n) is 6.09. The molecule has 5 heteroatoms. The molecule has 0 aliphatic rings. The molecule has 0 bridgehead atoms. The van der Waals surface area contributed by atoms with Crippen molar-refractivity contribution in [3.8, 4) is 0 Å². The second-order valence-electron chi connectivity index (χ2n) is 4.28. The van der Waals surface area contributed by atoms with Crippen LogP contribution in [0, 0.1) is 0 Å². The van der Waals surface area contributed by atoms with Crippen LogP contribution in [0.15, 0.2) is 72.1 Å². The van der Waals surface area contributed by atoms with Crippen LogP contribution in [0.2, 0.25) is 0 Å². The molecule has 0 fully saturated rings. The summed E-state index contributed by atoms with van der Waals surface area (Å²) in [6.45, 7) is 5.02. The predicted molar refractivity (Wildman–Crippen MR) is 82.7 cm³/mol. The highest BCUT2D eigenvalue weighted by molar-refractivity contribution is 7.96. The van der Waals surface area contributed by atoms with Crippen molar-refractivity contribution in [2.24, 2.45) is 0 Å². The molecule has 0 atom stereocenters. The molecule has 2 aromatic carbocycles. The molecule has 4 nitrogen and oxygen atoms in total. The van der Waals surface area contributed by atoms with Crippen molar-refractivity contribution in [2.75, 3.05) is 9.84 Å². The SMILES string of the molecule is C=C(C)S(=O)(=O)N(Nc1ccccc1)c1ccccc1. The molecule has 0 saturated carbocycles. The third-order valence-corrected chi connectivity index (χ3v) is 4.34. The molecule has 0 aliphatic heterocycles. The van der Waals surface area contributed by atoms with E-state index in [1.807, 2.05) is 24.3 Å². The summed E-state index contributed by atoms with van der Waals surface area (Å²) in [6.07, 6.45) is 0. The van der Waals surface area contributed by atoms with Crippen molar-refractivity contribution in [1.82, 2.24) is 0 Å². The van der Waals surface area contributed by atoms with E-state index in [4.69, 9.17) is 0 Å². The molecule has 20 heavy (non-hydrogen) atoms. The van der Waals surface area contributed by atoms with Crippen LogP contribution in [0.3, 0.4) is 0 Å². The average molecular weight is 288 g/mol. The first-order valence-corrected chi connectivity index (χ1v) is 7.53. The normalized spacial score (nSPS) is 10.8. The van der Waals surface area contributed by atoms with E-state index in [1.165, 1.54) is 6.92 Å². The third kappa shape index (κ3) is 3.00. The standard InChI is InChI=1S/C15H16N2O2S/c1-13(2)20(18,19)17(15-11-7-4-8-12-15)16-14-9-5-3-6-10-14/h3-12,16H,1H2,2H3. The zero-order valence-electron chi connectivity index (χ0n) is 11.2. The van der Waals surface area contributed by atoms with Crippen LogP contribution in [-0.4, -0.2) is 8.42 Å². The lowest BCUT2D eigenvalue weighted by Gasteiger charge is -2.25. The summed E-state index contributed by atoms with van der Waals surface area (Å²) in [5, 5.41) is 0. The molecule has 104 valence electrons. The molecule has 0 amide bonds. The van der Waals surface area contributed by atoms with E-state index >= 15 is 0 Å². The molecule has 0 unspecified atom stereocenters. The van der Waals surface area contributed by atoms with Gasteiger partial charge in [0, 0.05) is 0 Å². The van der Waals surface area contributed by atoms with Gasteiger partial charge in [-0.3, -0.25) is 5.43 Å². The Morgan fingerprint density at radius 3 is 2.00 bits per heavy atom. The van der Waals surface area contributed by atoms with E-state index in [9.17, 15) is 8.42 Å². The van der Waals surface area contributed by atoms with Crippen molar-refractivity contribution in [3.63, 3.8) is 0 Å². The molecular weight excluding hydrogens is 272 g/mol. The number of allylic oxidation sites excluding steroid dienone is 1. The van der Waals surface area contributed by atoms with Gasteiger partial charge in [0.25, 0.3) is 10.0 Å². The lowest BCUT2D eigenvalue weighted by Crippen LogP contribution is -2.36. The van der Waals surface area contributed by atoms with Gasteiger partial charge in [0.2, 0.25) is 0 Å². The van der Waals surface area contributed by atoms with Gasteiger partial charge in [-0.05, 0) is 31.2 Å². The molecule has 2 rings (SSSR count). The fourth-order valence-corrected chi connectivity index (χ4v) is 2.55. The van der Waals surface area contributed by atoms with E-state index in [1.54, 1.807) is 36.4 Å². The summed E-state index contributed by atoms with van der Waals surface area (Å²) < 4.78 is 25.9. The minimum absolute atomic E-state index is 0.0739. The van der Waals surface area contributed by atoms with Crippen LogP contribution in [0.1, 0.15) is 6.92 Å². The summed E-state index contributed by atoms with van der Waals surface area (Å²) in [6, 6.07) is 18.0. The molecule has 0 spiro atoms. The van der Waals surface area contributed by atoms with Crippen molar-refractivity contribution in [3.05, 3.63) is 72.1 Å². The summed E-state index contributed by atoms with van der Waals surface area (Å²) in [5.74, 6) is 0. The van der Waals surface area contributed by atoms with Gasteiger partial charge in [-0.1, -0.05) is 43.0 Å². The maximum absolute atomic E-state index is 12.4. The highest BCUT2D eigenvalue weighted by Crippen LogP contribution is 2.22. The van der Waals surface area contributed by atoms with E-state index in [2.05, 4.69) is 12.0 Å². The Labute approximate surface area is 119 Å². The summed E-state index contributed by atoms with van der Waals surface area (Å²) >= 11 is 0. The van der Waals surface area contributed by atoms with Crippen LogP contribution in [-0.2, 0) is 10.0 Å². The summed E-state index contributed by atoms with van der Waals surface area (Å²) in [4.78, 5) is 0.0739. The number of sulfonamides is 1. The number of hydrogen-bond donors (Lipinski definition) is 1. The van der Waals surface area contributed by atoms with Gasteiger partial charge in [-0.15, -0.1) is 0 Å². The van der Waals surface area contributed by atoms with Gasteiger partial charge in [-0.25, -0.2) is 0 Å².